The molecule has 8 nitrogen and oxygen atoms in total. The van der Waals surface area contributed by atoms with E-state index in [0.717, 1.165) is 5.56 Å². The fraction of sp³-hybridized carbons (Fsp3) is 0.600. The number of carbonyl (C=O) groups excluding carboxylic acids is 2. The number of ether oxygens (including phenoxy) is 4. The molecule has 0 aromatic heterocycles. The molecule has 158 valence electrons. The van der Waals surface area contributed by atoms with E-state index in [0.29, 0.717) is 19.4 Å². The van der Waals surface area contributed by atoms with Crippen molar-refractivity contribution in [1.29, 1.82) is 0 Å². The minimum Gasteiger partial charge on any atom is -0.461 e. The predicted octanol–water partition coefficient (Wildman–Crippen LogP) is 1.70. The van der Waals surface area contributed by atoms with Gasteiger partial charge in [0.25, 0.3) is 0 Å². The number of hydrogen-bond acceptors (Lipinski definition) is 8. The SMILES string of the molecule is CCOC(C(O)OC)C(N)C(CC[C@@H](OC(C)=O)c1ccccc1)OC(C)=O. The average molecular weight is 397 g/mol. The van der Waals surface area contributed by atoms with E-state index < -0.39 is 42.6 Å². The zero-order valence-electron chi connectivity index (χ0n) is 16.9. The molecule has 28 heavy (non-hydrogen) atoms. The summed E-state index contributed by atoms with van der Waals surface area (Å²) in [4.78, 5) is 23.1. The summed E-state index contributed by atoms with van der Waals surface area (Å²) in [7, 11) is 1.33. The third-order valence-corrected chi connectivity index (χ3v) is 4.20. The summed E-state index contributed by atoms with van der Waals surface area (Å²) < 4.78 is 21.2. The van der Waals surface area contributed by atoms with E-state index >= 15 is 0 Å². The Morgan fingerprint density at radius 1 is 1.07 bits per heavy atom. The monoisotopic (exact) mass is 397 g/mol. The van der Waals surface area contributed by atoms with Crippen LogP contribution in [0.1, 0.15) is 45.3 Å². The van der Waals surface area contributed by atoms with Crippen LogP contribution in [0, 0.1) is 0 Å². The van der Waals surface area contributed by atoms with E-state index in [-0.39, 0.29) is 0 Å². The molecule has 0 radical (unpaired) electrons. The first-order valence-electron chi connectivity index (χ1n) is 9.27. The van der Waals surface area contributed by atoms with Gasteiger partial charge in [0.2, 0.25) is 0 Å². The zero-order valence-corrected chi connectivity index (χ0v) is 16.9. The zero-order chi connectivity index (χ0) is 21.1. The molecule has 0 saturated carbocycles. The lowest BCUT2D eigenvalue weighted by atomic mass is 9.96. The van der Waals surface area contributed by atoms with Gasteiger partial charge in [-0.2, -0.15) is 0 Å². The number of rotatable bonds is 12. The molecule has 0 spiro atoms. The fourth-order valence-corrected chi connectivity index (χ4v) is 2.94. The number of esters is 2. The molecular formula is C20H31NO7. The second-order valence-corrected chi connectivity index (χ2v) is 6.36. The number of methoxy groups -OCH3 is 1. The van der Waals surface area contributed by atoms with Crippen LogP contribution < -0.4 is 5.73 Å². The Balaban J connectivity index is 2.96. The van der Waals surface area contributed by atoms with Crippen molar-refractivity contribution < 1.29 is 33.6 Å². The van der Waals surface area contributed by atoms with Crippen molar-refractivity contribution >= 4 is 11.9 Å². The highest BCUT2D eigenvalue weighted by atomic mass is 16.6. The summed E-state index contributed by atoms with van der Waals surface area (Å²) in [6.07, 6.45) is -2.76. The third-order valence-electron chi connectivity index (χ3n) is 4.20. The predicted molar refractivity (Wildman–Crippen MR) is 102 cm³/mol. The van der Waals surface area contributed by atoms with Crippen LogP contribution in [-0.2, 0) is 28.5 Å². The van der Waals surface area contributed by atoms with Gasteiger partial charge in [-0.1, -0.05) is 30.3 Å². The summed E-state index contributed by atoms with van der Waals surface area (Å²) >= 11 is 0. The number of carbonyl (C=O) groups is 2. The van der Waals surface area contributed by atoms with Crippen molar-refractivity contribution in [3.05, 3.63) is 35.9 Å². The lowest BCUT2D eigenvalue weighted by Crippen LogP contribution is -2.53. The van der Waals surface area contributed by atoms with Crippen molar-refractivity contribution in [2.45, 2.75) is 64.3 Å². The molecule has 0 amide bonds. The topological polar surface area (TPSA) is 117 Å². The molecule has 3 N–H and O–H groups in total. The number of nitrogens with two attached hydrogens (primary N) is 1. The lowest BCUT2D eigenvalue weighted by Gasteiger charge is -2.33. The largest absolute Gasteiger partial charge is 0.461 e. The van der Waals surface area contributed by atoms with Crippen molar-refractivity contribution in [3.8, 4) is 0 Å². The van der Waals surface area contributed by atoms with Gasteiger partial charge in [-0.25, -0.2) is 0 Å². The van der Waals surface area contributed by atoms with Crippen LogP contribution >= 0.6 is 0 Å². The summed E-state index contributed by atoms with van der Waals surface area (Å²) in [5, 5.41) is 10.0. The van der Waals surface area contributed by atoms with Crippen LogP contribution in [0.25, 0.3) is 0 Å². The maximum Gasteiger partial charge on any atom is 0.303 e. The molecule has 0 aliphatic carbocycles. The first-order valence-corrected chi connectivity index (χ1v) is 9.27. The van der Waals surface area contributed by atoms with Crippen LogP contribution in [0.5, 0.6) is 0 Å². The highest BCUT2D eigenvalue weighted by Crippen LogP contribution is 2.26. The van der Waals surface area contributed by atoms with E-state index in [9.17, 15) is 14.7 Å². The van der Waals surface area contributed by atoms with Crippen molar-refractivity contribution in [3.63, 3.8) is 0 Å². The molecule has 1 aromatic rings. The molecule has 0 aliphatic rings. The molecule has 0 aliphatic heterocycles. The second kappa shape index (κ2) is 12.5. The first kappa shape index (κ1) is 24.0. The molecule has 0 fully saturated rings. The van der Waals surface area contributed by atoms with Crippen LogP contribution in [0.2, 0.25) is 0 Å². The molecule has 8 heteroatoms. The highest BCUT2D eigenvalue weighted by Gasteiger charge is 2.35. The molecule has 1 aromatic carbocycles. The van der Waals surface area contributed by atoms with Crippen molar-refractivity contribution in [2.75, 3.05) is 13.7 Å². The van der Waals surface area contributed by atoms with E-state index in [4.69, 9.17) is 24.7 Å². The number of aliphatic hydroxyl groups excluding tert-OH is 1. The number of aliphatic hydroxyl groups is 1. The molecule has 4 unspecified atom stereocenters. The van der Waals surface area contributed by atoms with Gasteiger partial charge in [0.15, 0.2) is 6.29 Å². The number of benzene rings is 1. The van der Waals surface area contributed by atoms with Gasteiger partial charge < -0.3 is 29.8 Å². The first-order chi connectivity index (χ1) is 13.3. The smallest absolute Gasteiger partial charge is 0.303 e. The van der Waals surface area contributed by atoms with Crippen LogP contribution in [0.3, 0.4) is 0 Å². The minimum atomic E-state index is -1.27. The molecule has 1 rings (SSSR count). The molecular weight excluding hydrogens is 366 g/mol. The third kappa shape index (κ3) is 7.93. The number of hydrogen-bond donors (Lipinski definition) is 2. The maximum atomic E-state index is 11.6. The minimum absolute atomic E-state index is 0.297. The second-order valence-electron chi connectivity index (χ2n) is 6.36. The van der Waals surface area contributed by atoms with Gasteiger partial charge in [-0.15, -0.1) is 0 Å². The Labute approximate surface area is 165 Å². The Morgan fingerprint density at radius 2 is 1.68 bits per heavy atom. The van der Waals surface area contributed by atoms with Crippen LogP contribution in [0.15, 0.2) is 30.3 Å². The molecule has 0 saturated heterocycles. The Hall–Kier alpha value is -2.00. The quantitative estimate of drug-likeness (QED) is 0.404. The lowest BCUT2D eigenvalue weighted by molar-refractivity contribution is -0.184. The summed E-state index contributed by atoms with van der Waals surface area (Å²) in [5.74, 6) is -0.921. The van der Waals surface area contributed by atoms with Crippen LogP contribution in [-0.4, -0.2) is 55.3 Å². The van der Waals surface area contributed by atoms with Crippen molar-refractivity contribution in [2.24, 2.45) is 5.73 Å². The average Bonchev–Trinajstić information content (AvgIpc) is 2.67. The molecule has 0 bridgehead atoms. The van der Waals surface area contributed by atoms with E-state index in [2.05, 4.69) is 0 Å². The highest BCUT2D eigenvalue weighted by molar-refractivity contribution is 5.66. The summed E-state index contributed by atoms with van der Waals surface area (Å²) in [6.45, 7) is 4.68. The van der Waals surface area contributed by atoms with Crippen LogP contribution in [0.4, 0.5) is 0 Å². The van der Waals surface area contributed by atoms with E-state index in [1.54, 1.807) is 6.92 Å². The Bertz CT molecular complexity index is 595. The maximum absolute atomic E-state index is 11.6. The van der Waals surface area contributed by atoms with Gasteiger partial charge >= 0.3 is 11.9 Å². The normalized spacial score (nSPS) is 16.5. The van der Waals surface area contributed by atoms with Gasteiger partial charge in [0.05, 0.1) is 6.04 Å². The van der Waals surface area contributed by atoms with Gasteiger partial charge in [-0.3, -0.25) is 9.59 Å². The van der Waals surface area contributed by atoms with E-state index in [1.165, 1.54) is 21.0 Å². The summed E-state index contributed by atoms with van der Waals surface area (Å²) in [6, 6.07) is 8.43. The molecule has 5 atom stereocenters. The standard InChI is InChI=1S/C20H31NO7/c1-5-26-19(20(24)25-4)18(21)17(28-14(3)23)12-11-16(27-13(2)22)15-9-7-6-8-10-15/h6-10,16-20,24H,5,11-12,21H2,1-4H3/t16-,17?,18?,19?,20?/m1/s1. The van der Waals surface area contributed by atoms with E-state index in [1.807, 2.05) is 30.3 Å². The van der Waals surface area contributed by atoms with Gasteiger partial charge in [0.1, 0.15) is 18.3 Å². The molecule has 0 heterocycles. The Morgan fingerprint density at radius 3 is 2.18 bits per heavy atom. The Kier molecular flexibility index (Phi) is 10.7. The van der Waals surface area contributed by atoms with Gasteiger partial charge in [-0.05, 0) is 25.3 Å². The summed E-state index contributed by atoms with van der Waals surface area (Å²) in [5.41, 5.74) is 7.07. The fourth-order valence-electron chi connectivity index (χ4n) is 2.94. The van der Waals surface area contributed by atoms with Crippen molar-refractivity contribution in [1.82, 2.24) is 0 Å². The van der Waals surface area contributed by atoms with Gasteiger partial charge in [0, 0.05) is 27.6 Å².